The van der Waals surface area contributed by atoms with Crippen LogP contribution >= 0.6 is 0 Å². The van der Waals surface area contributed by atoms with E-state index >= 15 is 0 Å². The van der Waals surface area contributed by atoms with Crippen molar-refractivity contribution in [2.45, 2.75) is 64.9 Å². The summed E-state index contributed by atoms with van der Waals surface area (Å²) in [6.07, 6.45) is 10.6. The minimum absolute atomic E-state index is 0.0207. The number of nitrogens with zero attached hydrogens (tertiary/aromatic N) is 1. The molecule has 0 bridgehead atoms. The Kier molecular flexibility index (Phi) is 10.5. The minimum atomic E-state index is -0.0207. The zero-order valence-corrected chi connectivity index (χ0v) is 16.9. The summed E-state index contributed by atoms with van der Waals surface area (Å²) in [6, 6.07) is 17.7. The van der Waals surface area contributed by atoms with Gasteiger partial charge in [0.1, 0.15) is 12.4 Å². The van der Waals surface area contributed by atoms with Crippen LogP contribution in [-0.2, 0) is 11.4 Å². The first kappa shape index (κ1) is 21.7. The number of rotatable bonds is 13. The lowest BCUT2D eigenvalue weighted by Crippen LogP contribution is -2.16. The van der Waals surface area contributed by atoms with Gasteiger partial charge in [0.05, 0.1) is 6.21 Å². The first-order valence-electron chi connectivity index (χ1n) is 10.4. The van der Waals surface area contributed by atoms with Gasteiger partial charge in [-0.1, -0.05) is 75.8 Å². The van der Waals surface area contributed by atoms with Crippen LogP contribution in [0.25, 0.3) is 0 Å². The van der Waals surface area contributed by atoms with Gasteiger partial charge in [-0.15, -0.1) is 0 Å². The minimum Gasteiger partial charge on any atom is -0.489 e. The summed E-state index contributed by atoms with van der Waals surface area (Å²) in [5, 5.41) is 4.04. The Morgan fingerprint density at radius 2 is 1.61 bits per heavy atom. The van der Waals surface area contributed by atoms with E-state index in [-0.39, 0.29) is 5.91 Å². The quantitative estimate of drug-likeness (QED) is 0.269. The van der Waals surface area contributed by atoms with Gasteiger partial charge >= 0.3 is 0 Å². The number of carbonyl (C=O) groups is 1. The number of ether oxygens (including phenoxy) is 1. The van der Waals surface area contributed by atoms with E-state index < -0.39 is 0 Å². The van der Waals surface area contributed by atoms with Crippen molar-refractivity contribution in [2.24, 2.45) is 5.10 Å². The molecule has 28 heavy (non-hydrogen) atoms. The lowest BCUT2D eigenvalue weighted by molar-refractivity contribution is -0.121. The second kappa shape index (κ2) is 13.5. The van der Waals surface area contributed by atoms with Crippen LogP contribution in [0.3, 0.4) is 0 Å². The molecule has 4 nitrogen and oxygen atoms in total. The molecule has 1 N–H and O–H groups in total. The van der Waals surface area contributed by atoms with Crippen LogP contribution in [0.1, 0.15) is 69.4 Å². The van der Waals surface area contributed by atoms with Gasteiger partial charge in [-0.3, -0.25) is 4.79 Å². The molecule has 0 saturated heterocycles. The highest BCUT2D eigenvalue weighted by Crippen LogP contribution is 2.13. The standard InChI is InChI=1S/C24H32N2O2/c1-2-3-4-5-6-7-11-14-24(27)26-25-19-21-15-17-23(18-16-21)28-20-22-12-9-8-10-13-22/h8-10,12-13,15-19H,2-7,11,14,20H2,1H3,(H,26,27)/b25-19+. The second-order valence-electron chi connectivity index (χ2n) is 7.01. The third-order valence-corrected chi connectivity index (χ3v) is 4.54. The van der Waals surface area contributed by atoms with E-state index in [0.717, 1.165) is 29.7 Å². The van der Waals surface area contributed by atoms with Crippen LogP contribution in [-0.4, -0.2) is 12.1 Å². The van der Waals surface area contributed by atoms with Gasteiger partial charge in [0.2, 0.25) is 5.91 Å². The van der Waals surface area contributed by atoms with E-state index in [0.29, 0.717) is 13.0 Å². The number of amides is 1. The van der Waals surface area contributed by atoms with Crippen molar-refractivity contribution in [1.29, 1.82) is 0 Å². The highest BCUT2D eigenvalue weighted by molar-refractivity contribution is 5.82. The molecule has 0 atom stereocenters. The van der Waals surface area contributed by atoms with Gasteiger partial charge in [-0.2, -0.15) is 5.10 Å². The summed E-state index contributed by atoms with van der Waals surface area (Å²) < 4.78 is 5.76. The van der Waals surface area contributed by atoms with E-state index in [1.54, 1.807) is 6.21 Å². The highest BCUT2D eigenvalue weighted by atomic mass is 16.5. The van der Waals surface area contributed by atoms with Gasteiger partial charge in [0.15, 0.2) is 0 Å². The summed E-state index contributed by atoms with van der Waals surface area (Å²) in [4.78, 5) is 11.8. The van der Waals surface area contributed by atoms with Gasteiger partial charge < -0.3 is 4.74 Å². The number of unbranched alkanes of at least 4 members (excludes halogenated alkanes) is 6. The summed E-state index contributed by atoms with van der Waals surface area (Å²) >= 11 is 0. The fourth-order valence-electron chi connectivity index (χ4n) is 2.87. The Balaban J connectivity index is 1.60. The number of carbonyl (C=O) groups excluding carboxylic acids is 1. The predicted octanol–water partition coefficient (Wildman–Crippen LogP) is 5.86. The smallest absolute Gasteiger partial charge is 0.240 e. The molecule has 0 aromatic heterocycles. The van der Waals surface area contributed by atoms with Gasteiger partial charge in [-0.25, -0.2) is 5.43 Å². The van der Waals surface area contributed by atoms with E-state index in [4.69, 9.17) is 4.74 Å². The third-order valence-electron chi connectivity index (χ3n) is 4.54. The van der Waals surface area contributed by atoms with Crippen molar-refractivity contribution in [1.82, 2.24) is 5.43 Å². The van der Waals surface area contributed by atoms with E-state index in [1.807, 2.05) is 54.6 Å². The van der Waals surface area contributed by atoms with Crippen molar-refractivity contribution < 1.29 is 9.53 Å². The summed E-state index contributed by atoms with van der Waals surface area (Å²) in [5.41, 5.74) is 4.66. The van der Waals surface area contributed by atoms with Crippen molar-refractivity contribution in [3.63, 3.8) is 0 Å². The monoisotopic (exact) mass is 380 g/mol. The number of benzene rings is 2. The van der Waals surface area contributed by atoms with Gasteiger partial charge in [0, 0.05) is 6.42 Å². The molecular formula is C24H32N2O2. The Labute approximate surface area is 169 Å². The highest BCUT2D eigenvalue weighted by Gasteiger charge is 2.00. The topological polar surface area (TPSA) is 50.7 Å². The molecule has 2 aromatic carbocycles. The first-order valence-corrected chi connectivity index (χ1v) is 10.4. The van der Waals surface area contributed by atoms with Crippen molar-refractivity contribution in [2.75, 3.05) is 0 Å². The number of nitrogens with one attached hydrogen (secondary N) is 1. The summed E-state index contributed by atoms with van der Waals surface area (Å²) in [5.74, 6) is 0.789. The maximum atomic E-state index is 11.8. The van der Waals surface area contributed by atoms with Crippen molar-refractivity contribution in [3.8, 4) is 5.75 Å². The average Bonchev–Trinajstić information content (AvgIpc) is 2.73. The molecule has 0 heterocycles. The van der Waals surface area contributed by atoms with Crippen LogP contribution in [0.2, 0.25) is 0 Å². The zero-order chi connectivity index (χ0) is 19.9. The molecule has 1 amide bonds. The van der Waals surface area contributed by atoms with E-state index in [1.165, 1.54) is 32.1 Å². The Hall–Kier alpha value is -2.62. The molecule has 4 heteroatoms. The molecule has 0 saturated carbocycles. The molecule has 2 rings (SSSR count). The fourth-order valence-corrected chi connectivity index (χ4v) is 2.87. The van der Waals surface area contributed by atoms with Crippen LogP contribution in [0.15, 0.2) is 59.7 Å². The lowest BCUT2D eigenvalue weighted by Gasteiger charge is -2.06. The fraction of sp³-hybridized carbons (Fsp3) is 0.417. The lowest BCUT2D eigenvalue weighted by atomic mass is 10.1. The van der Waals surface area contributed by atoms with Crippen molar-refractivity contribution in [3.05, 3.63) is 65.7 Å². The van der Waals surface area contributed by atoms with Crippen molar-refractivity contribution >= 4 is 12.1 Å². The molecule has 0 fully saturated rings. The third kappa shape index (κ3) is 9.36. The van der Waals surface area contributed by atoms with E-state index in [2.05, 4.69) is 17.5 Å². The van der Waals surface area contributed by atoms with Crippen LogP contribution < -0.4 is 10.2 Å². The second-order valence-corrected chi connectivity index (χ2v) is 7.01. The molecular weight excluding hydrogens is 348 g/mol. The van der Waals surface area contributed by atoms with Gasteiger partial charge in [-0.05, 0) is 41.8 Å². The molecule has 0 aliphatic rings. The van der Waals surface area contributed by atoms with Crippen LogP contribution in [0, 0.1) is 0 Å². The molecule has 0 spiro atoms. The Morgan fingerprint density at radius 3 is 2.32 bits per heavy atom. The van der Waals surface area contributed by atoms with E-state index in [9.17, 15) is 4.79 Å². The normalized spacial score (nSPS) is 10.9. The van der Waals surface area contributed by atoms with Crippen LogP contribution in [0.5, 0.6) is 5.75 Å². The Bertz CT molecular complexity index is 696. The summed E-state index contributed by atoms with van der Waals surface area (Å²) in [6.45, 7) is 2.77. The number of hydrazone groups is 1. The van der Waals surface area contributed by atoms with Crippen LogP contribution in [0.4, 0.5) is 0 Å². The predicted molar refractivity (Wildman–Crippen MR) is 116 cm³/mol. The average molecular weight is 381 g/mol. The number of hydrogen-bond donors (Lipinski definition) is 1. The molecule has 0 unspecified atom stereocenters. The number of hydrogen-bond acceptors (Lipinski definition) is 3. The Morgan fingerprint density at radius 1 is 0.929 bits per heavy atom. The largest absolute Gasteiger partial charge is 0.489 e. The maximum absolute atomic E-state index is 11.8. The molecule has 0 aliphatic carbocycles. The first-order chi connectivity index (χ1) is 13.8. The molecule has 0 radical (unpaired) electrons. The molecule has 150 valence electrons. The molecule has 0 aliphatic heterocycles. The van der Waals surface area contributed by atoms with Gasteiger partial charge in [0.25, 0.3) is 0 Å². The maximum Gasteiger partial charge on any atom is 0.240 e. The zero-order valence-electron chi connectivity index (χ0n) is 16.9. The molecule has 2 aromatic rings. The SMILES string of the molecule is CCCCCCCCCC(=O)N/N=C/c1ccc(OCc2ccccc2)cc1. The summed E-state index contributed by atoms with van der Waals surface area (Å²) in [7, 11) is 0.